The van der Waals surface area contributed by atoms with Gasteiger partial charge in [0.25, 0.3) is 5.91 Å². The second-order valence-electron chi connectivity index (χ2n) is 1.24. The third kappa shape index (κ3) is 0.784. The summed E-state index contributed by atoms with van der Waals surface area (Å²) in [6.07, 6.45) is 0. The summed E-state index contributed by atoms with van der Waals surface area (Å²) in [6, 6.07) is 0. The Morgan fingerprint density at radius 2 is 2.44 bits per heavy atom. The van der Waals surface area contributed by atoms with Crippen molar-refractivity contribution in [1.29, 1.82) is 0 Å². The van der Waals surface area contributed by atoms with E-state index < -0.39 is 11.7 Å². The van der Waals surface area contributed by atoms with Crippen LogP contribution < -0.4 is 5.73 Å². The van der Waals surface area contributed by atoms with E-state index in [9.17, 15) is 10.0 Å². The number of carbonyl (C=O) groups excluding carboxylic acids is 1. The minimum atomic E-state index is -0.935. The molecule has 0 atom stereocenters. The minimum absolute atomic E-state index is 0.0394. The van der Waals surface area contributed by atoms with E-state index in [2.05, 4.69) is 21.3 Å². The van der Waals surface area contributed by atoms with Crippen LogP contribution >= 0.6 is 0 Å². The molecular weight excluding hydrogens is 126 g/mol. The molecule has 0 fully saturated rings. The van der Waals surface area contributed by atoms with Crippen molar-refractivity contribution >= 4 is 5.91 Å². The average Bonchev–Trinajstić information content (AvgIpc) is 2.13. The van der Waals surface area contributed by atoms with Crippen molar-refractivity contribution in [2.45, 2.75) is 0 Å². The fourth-order valence-corrected chi connectivity index (χ4v) is 0.323. The predicted octanol–water partition coefficient (Wildman–Crippen LogP) is -1.88. The van der Waals surface area contributed by atoms with Gasteiger partial charge in [-0.15, -0.1) is 5.10 Å². The van der Waals surface area contributed by atoms with Gasteiger partial charge in [-0.25, -0.2) is 4.85 Å². The number of hydrogen-bond acceptors (Lipinski definition) is 5. The van der Waals surface area contributed by atoms with Gasteiger partial charge >= 0.3 is 0 Å². The van der Waals surface area contributed by atoms with E-state index in [4.69, 9.17) is 0 Å². The summed E-state index contributed by atoms with van der Waals surface area (Å²) in [7, 11) is 0. The Hall–Kier alpha value is -1.66. The number of hydrogen-bond donors (Lipinski definition) is 1. The SMILES string of the molecule is NC(=O)c1nnnn1[O-]. The Kier molecular flexibility index (Phi) is 1.03. The number of tetrazole rings is 1. The molecule has 0 bridgehead atoms. The van der Waals surface area contributed by atoms with Crippen LogP contribution in [0.2, 0.25) is 0 Å². The lowest BCUT2D eigenvalue weighted by molar-refractivity contribution is 0.0988. The molecule has 1 heterocycles. The summed E-state index contributed by atoms with van der Waals surface area (Å²) in [6.45, 7) is 0. The molecule has 1 aromatic heterocycles. The van der Waals surface area contributed by atoms with Crippen LogP contribution in [0.15, 0.2) is 0 Å². The lowest BCUT2D eigenvalue weighted by Crippen LogP contribution is -2.16. The van der Waals surface area contributed by atoms with Gasteiger partial charge in [0.1, 0.15) is 0 Å². The Morgan fingerprint density at radius 3 is 2.67 bits per heavy atom. The molecule has 0 spiro atoms. The normalized spacial score (nSPS) is 9.33. The Balaban J connectivity index is 3.08. The topological polar surface area (TPSA) is 110 Å². The molecule has 1 rings (SSSR count). The van der Waals surface area contributed by atoms with E-state index in [0.717, 1.165) is 0 Å². The van der Waals surface area contributed by atoms with Crippen molar-refractivity contribution in [3.63, 3.8) is 0 Å². The zero-order chi connectivity index (χ0) is 6.85. The molecule has 0 saturated carbocycles. The maximum absolute atomic E-state index is 10.2. The summed E-state index contributed by atoms with van der Waals surface area (Å²) in [5.74, 6) is -1.43. The highest BCUT2D eigenvalue weighted by Crippen LogP contribution is 1.83. The van der Waals surface area contributed by atoms with Crippen LogP contribution in [0.5, 0.6) is 0 Å². The summed E-state index contributed by atoms with van der Waals surface area (Å²) in [5.41, 5.74) is 4.66. The summed E-state index contributed by atoms with van der Waals surface area (Å²) < 4.78 is 0. The van der Waals surface area contributed by atoms with Gasteiger partial charge in [0.2, 0.25) is 5.82 Å². The molecule has 1 amide bonds. The lowest BCUT2D eigenvalue weighted by Gasteiger charge is -2.00. The van der Waals surface area contributed by atoms with Crippen molar-refractivity contribution < 1.29 is 4.79 Å². The highest BCUT2D eigenvalue weighted by molar-refractivity contribution is 5.88. The van der Waals surface area contributed by atoms with Crippen LogP contribution in [0.3, 0.4) is 0 Å². The summed E-state index contributed by atoms with van der Waals surface area (Å²) in [5, 5.41) is 19.0. The van der Waals surface area contributed by atoms with Crippen molar-refractivity contribution in [2.75, 3.05) is 0 Å². The van der Waals surface area contributed by atoms with E-state index >= 15 is 0 Å². The van der Waals surface area contributed by atoms with Gasteiger partial charge in [0.15, 0.2) is 0 Å². The molecule has 0 radical (unpaired) electrons. The predicted molar refractivity (Wildman–Crippen MR) is 25.1 cm³/mol. The van der Waals surface area contributed by atoms with E-state index in [1.54, 1.807) is 0 Å². The van der Waals surface area contributed by atoms with Crippen LogP contribution in [0, 0.1) is 5.21 Å². The molecule has 0 unspecified atom stereocenters. The number of amides is 1. The molecule has 48 valence electrons. The second-order valence-corrected chi connectivity index (χ2v) is 1.24. The zero-order valence-electron chi connectivity index (χ0n) is 4.18. The van der Waals surface area contributed by atoms with Gasteiger partial charge < -0.3 is 10.9 Å². The molecule has 1 aromatic rings. The molecule has 0 aromatic carbocycles. The van der Waals surface area contributed by atoms with Gasteiger partial charge in [-0.05, 0) is 10.4 Å². The second kappa shape index (κ2) is 1.69. The van der Waals surface area contributed by atoms with Crippen LogP contribution in [0.1, 0.15) is 10.6 Å². The third-order valence-electron chi connectivity index (χ3n) is 0.662. The minimum Gasteiger partial charge on any atom is -0.787 e. The monoisotopic (exact) mass is 128 g/mol. The van der Waals surface area contributed by atoms with Gasteiger partial charge in [-0.1, -0.05) is 0 Å². The van der Waals surface area contributed by atoms with Crippen LogP contribution in [0.25, 0.3) is 0 Å². The first kappa shape index (κ1) is 5.48. The molecule has 7 nitrogen and oxygen atoms in total. The molecule has 9 heavy (non-hydrogen) atoms. The number of primary amides is 1. The van der Waals surface area contributed by atoms with E-state index in [-0.39, 0.29) is 4.85 Å². The lowest BCUT2D eigenvalue weighted by atomic mass is 10.6. The average molecular weight is 128 g/mol. The zero-order valence-corrected chi connectivity index (χ0v) is 4.18. The van der Waals surface area contributed by atoms with Crippen LogP contribution in [-0.4, -0.2) is 26.3 Å². The Bertz CT molecular complexity index is 229. The van der Waals surface area contributed by atoms with Gasteiger partial charge in [0.05, 0.1) is 0 Å². The molecule has 0 aliphatic rings. The maximum Gasteiger partial charge on any atom is 0.287 e. The first-order valence-corrected chi connectivity index (χ1v) is 1.97. The highest BCUT2D eigenvalue weighted by atomic mass is 16.5. The third-order valence-corrected chi connectivity index (χ3v) is 0.662. The maximum atomic E-state index is 10.2. The van der Waals surface area contributed by atoms with Crippen LogP contribution in [-0.2, 0) is 0 Å². The van der Waals surface area contributed by atoms with E-state index in [0.29, 0.717) is 0 Å². The number of carbonyl (C=O) groups is 1. The van der Waals surface area contributed by atoms with Crippen molar-refractivity contribution in [1.82, 2.24) is 20.4 Å². The highest BCUT2D eigenvalue weighted by Gasteiger charge is 2.04. The molecule has 0 aliphatic heterocycles. The summed E-state index contributed by atoms with van der Waals surface area (Å²) in [4.78, 5) is 10.1. The number of rotatable bonds is 1. The van der Waals surface area contributed by atoms with E-state index in [1.165, 1.54) is 0 Å². The van der Waals surface area contributed by atoms with Gasteiger partial charge in [0, 0.05) is 0 Å². The molecule has 2 N–H and O–H groups in total. The molecule has 0 saturated heterocycles. The smallest absolute Gasteiger partial charge is 0.287 e. The largest absolute Gasteiger partial charge is 0.787 e. The number of nitrogens with two attached hydrogens (primary N) is 1. The number of aromatic nitrogens is 4. The quantitative estimate of drug-likeness (QED) is 0.475. The standard InChI is InChI=1S/C2H2N5O2/c3-1(8)2-4-5-6-7(2)9/h(H2,3,8)/q-1. The Labute approximate surface area is 49.0 Å². The van der Waals surface area contributed by atoms with Gasteiger partial charge in [-0.3, -0.25) is 4.79 Å². The first-order chi connectivity index (χ1) is 4.22. The molecule has 0 aliphatic carbocycles. The van der Waals surface area contributed by atoms with Crippen molar-refractivity contribution in [3.05, 3.63) is 11.0 Å². The Morgan fingerprint density at radius 1 is 1.78 bits per heavy atom. The fourth-order valence-electron chi connectivity index (χ4n) is 0.323. The van der Waals surface area contributed by atoms with Crippen molar-refractivity contribution in [3.8, 4) is 0 Å². The molecular formula is C2H2N5O2-. The van der Waals surface area contributed by atoms with Crippen LogP contribution in [0.4, 0.5) is 0 Å². The van der Waals surface area contributed by atoms with E-state index in [1.807, 2.05) is 0 Å². The molecule has 7 heteroatoms. The van der Waals surface area contributed by atoms with Crippen molar-refractivity contribution in [2.24, 2.45) is 5.73 Å². The first-order valence-electron chi connectivity index (χ1n) is 1.97. The number of nitrogens with zero attached hydrogens (tertiary/aromatic N) is 4. The fraction of sp³-hybridized carbons (Fsp3) is 0. The van der Waals surface area contributed by atoms with Gasteiger partial charge in [-0.2, -0.15) is 0 Å². The summed E-state index contributed by atoms with van der Waals surface area (Å²) >= 11 is 0.